The van der Waals surface area contributed by atoms with Crippen molar-refractivity contribution in [3.8, 4) is 11.5 Å². The summed E-state index contributed by atoms with van der Waals surface area (Å²) in [6.07, 6.45) is 6.65. The van der Waals surface area contributed by atoms with Gasteiger partial charge in [0.15, 0.2) is 11.6 Å². The number of Topliss-reactive ketones (excluding diaryl/α,β-unsaturated/α-hetero) is 1. The predicted molar refractivity (Wildman–Crippen MR) is 95.5 cm³/mol. The fourth-order valence-electron chi connectivity index (χ4n) is 3.24. The molecule has 0 saturated carbocycles. The van der Waals surface area contributed by atoms with E-state index in [1.54, 1.807) is 23.1 Å². The molecule has 8 heteroatoms. The van der Waals surface area contributed by atoms with Gasteiger partial charge in [-0.2, -0.15) is 5.10 Å². The van der Waals surface area contributed by atoms with E-state index in [1.807, 2.05) is 25.2 Å². The van der Waals surface area contributed by atoms with E-state index in [0.29, 0.717) is 29.7 Å². The first-order chi connectivity index (χ1) is 12.7. The highest BCUT2D eigenvalue weighted by atomic mass is 16.1. The normalized spacial score (nSPS) is 17.3. The number of hydrogen-bond acceptors (Lipinski definition) is 7. The average Bonchev–Trinajstić information content (AvgIpc) is 3.14. The van der Waals surface area contributed by atoms with Crippen LogP contribution in [0.15, 0.2) is 43.0 Å². The van der Waals surface area contributed by atoms with Gasteiger partial charge in [-0.05, 0) is 31.0 Å². The number of aromatic nitrogens is 6. The highest BCUT2D eigenvalue weighted by molar-refractivity contribution is 5.96. The molecular weight excluding hydrogens is 330 g/mol. The zero-order valence-corrected chi connectivity index (χ0v) is 14.5. The van der Waals surface area contributed by atoms with Crippen molar-refractivity contribution in [3.05, 3.63) is 48.7 Å². The molecule has 1 aliphatic heterocycles. The summed E-state index contributed by atoms with van der Waals surface area (Å²) in [6, 6.07) is 7.24. The summed E-state index contributed by atoms with van der Waals surface area (Å²) in [5.41, 5.74) is 1.24. The number of carbonyl (C=O) groups excluding carboxylic acids is 1. The van der Waals surface area contributed by atoms with Crippen molar-refractivity contribution in [2.24, 2.45) is 13.0 Å². The maximum absolute atomic E-state index is 12.7. The molecule has 0 bridgehead atoms. The first-order valence-corrected chi connectivity index (χ1v) is 8.60. The fourth-order valence-corrected chi connectivity index (χ4v) is 3.24. The van der Waals surface area contributed by atoms with E-state index in [2.05, 4.69) is 29.9 Å². The molecule has 1 saturated heterocycles. The maximum atomic E-state index is 12.7. The minimum absolute atomic E-state index is 0.0831. The highest BCUT2D eigenvalue weighted by Crippen LogP contribution is 2.24. The van der Waals surface area contributed by atoms with E-state index in [9.17, 15) is 4.79 Å². The van der Waals surface area contributed by atoms with Crippen LogP contribution in [-0.4, -0.2) is 48.6 Å². The van der Waals surface area contributed by atoms with E-state index in [-0.39, 0.29) is 11.7 Å². The van der Waals surface area contributed by atoms with Crippen molar-refractivity contribution in [2.45, 2.75) is 12.8 Å². The van der Waals surface area contributed by atoms with E-state index in [4.69, 9.17) is 0 Å². The number of nitrogens with zero attached hydrogens (tertiary/aromatic N) is 7. The van der Waals surface area contributed by atoms with Crippen LogP contribution in [0.4, 0.5) is 5.95 Å². The lowest BCUT2D eigenvalue weighted by molar-refractivity contribution is 0.0901. The van der Waals surface area contributed by atoms with Gasteiger partial charge in [0.25, 0.3) is 0 Å². The van der Waals surface area contributed by atoms with Crippen LogP contribution in [0.5, 0.6) is 0 Å². The molecule has 4 heterocycles. The van der Waals surface area contributed by atoms with Crippen molar-refractivity contribution >= 4 is 11.7 Å². The third-order valence-corrected chi connectivity index (χ3v) is 4.58. The molecule has 1 aliphatic rings. The Morgan fingerprint density at radius 2 is 2.08 bits per heavy atom. The van der Waals surface area contributed by atoms with Gasteiger partial charge in [0.05, 0.1) is 0 Å². The summed E-state index contributed by atoms with van der Waals surface area (Å²) in [5.74, 6) is 1.29. The van der Waals surface area contributed by atoms with Gasteiger partial charge >= 0.3 is 0 Å². The molecular formula is C18H19N7O. The monoisotopic (exact) mass is 349 g/mol. The average molecular weight is 349 g/mol. The van der Waals surface area contributed by atoms with Crippen LogP contribution in [0.1, 0.15) is 23.3 Å². The lowest BCUT2D eigenvalue weighted by Gasteiger charge is -2.31. The number of piperidine rings is 1. The summed E-state index contributed by atoms with van der Waals surface area (Å²) in [4.78, 5) is 32.2. The van der Waals surface area contributed by atoms with Crippen LogP contribution in [0.2, 0.25) is 0 Å². The Morgan fingerprint density at radius 3 is 2.85 bits per heavy atom. The summed E-state index contributed by atoms with van der Waals surface area (Å²) in [6.45, 7) is 1.42. The Kier molecular flexibility index (Phi) is 4.39. The molecule has 0 N–H and O–H groups in total. The first kappa shape index (κ1) is 16.3. The Morgan fingerprint density at radius 1 is 1.15 bits per heavy atom. The quantitative estimate of drug-likeness (QED) is 0.663. The van der Waals surface area contributed by atoms with E-state index in [0.717, 1.165) is 19.4 Å². The van der Waals surface area contributed by atoms with Crippen LogP contribution in [0, 0.1) is 5.92 Å². The molecule has 0 aliphatic carbocycles. The lowest BCUT2D eigenvalue weighted by atomic mass is 9.92. The van der Waals surface area contributed by atoms with Gasteiger partial charge in [-0.3, -0.25) is 9.78 Å². The zero-order valence-electron chi connectivity index (χ0n) is 14.5. The second-order valence-electron chi connectivity index (χ2n) is 6.31. The van der Waals surface area contributed by atoms with E-state index in [1.165, 1.54) is 6.33 Å². The summed E-state index contributed by atoms with van der Waals surface area (Å²) >= 11 is 0. The molecule has 1 atom stereocenters. The minimum atomic E-state index is -0.0965. The Hall–Kier alpha value is -3.16. The van der Waals surface area contributed by atoms with Crippen molar-refractivity contribution in [2.75, 3.05) is 18.0 Å². The molecule has 4 rings (SSSR count). The van der Waals surface area contributed by atoms with Crippen molar-refractivity contribution in [1.82, 2.24) is 29.7 Å². The number of carbonyl (C=O) groups is 1. The van der Waals surface area contributed by atoms with Crippen LogP contribution < -0.4 is 4.90 Å². The Labute approximate surface area is 151 Å². The standard InChI is InChI=1S/C18H19N7O/c1-24-17(21-12-22-24)15-7-9-20-18(23-15)25-10-4-5-13(11-25)16(26)14-6-2-3-8-19-14/h2-3,6-9,12-13H,4-5,10-11H2,1H3. The molecule has 3 aromatic rings. The number of anilines is 1. The molecule has 0 radical (unpaired) electrons. The number of rotatable bonds is 4. The SMILES string of the molecule is Cn1ncnc1-c1ccnc(N2CCCC(C(=O)c3ccccn3)C2)n1. The molecule has 26 heavy (non-hydrogen) atoms. The van der Waals surface area contributed by atoms with Gasteiger partial charge in [0.1, 0.15) is 17.7 Å². The molecule has 1 fully saturated rings. The van der Waals surface area contributed by atoms with Gasteiger partial charge in [-0.25, -0.2) is 19.6 Å². The smallest absolute Gasteiger partial charge is 0.225 e. The van der Waals surface area contributed by atoms with Crippen LogP contribution in [0.3, 0.4) is 0 Å². The maximum Gasteiger partial charge on any atom is 0.225 e. The summed E-state index contributed by atoms with van der Waals surface area (Å²) in [5, 5.41) is 4.08. The van der Waals surface area contributed by atoms with Crippen molar-refractivity contribution < 1.29 is 4.79 Å². The summed E-state index contributed by atoms with van der Waals surface area (Å²) < 4.78 is 1.68. The number of aryl methyl sites for hydroxylation is 1. The molecule has 3 aromatic heterocycles. The van der Waals surface area contributed by atoms with Gasteiger partial charge in [0, 0.05) is 38.4 Å². The Balaban J connectivity index is 1.55. The van der Waals surface area contributed by atoms with Gasteiger partial charge in [0.2, 0.25) is 5.95 Å². The number of hydrogen-bond donors (Lipinski definition) is 0. The second-order valence-corrected chi connectivity index (χ2v) is 6.31. The highest BCUT2D eigenvalue weighted by Gasteiger charge is 2.28. The molecule has 0 amide bonds. The molecule has 1 unspecified atom stereocenters. The van der Waals surface area contributed by atoms with Crippen molar-refractivity contribution in [1.29, 1.82) is 0 Å². The molecule has 8 nitrogen and oxygen atoms in total. The van der Waals surface area contributed by atoms with Gasteiger partial charge < -0.3 is 4.90 Å². The van der Waals surface area contributed by atoms with Crippen LogP contribution in [-0.2, 0) is 7.05 Å². The fraction of sp³-hybridized carbons (Fsp3) is 0.333. The number of ketones is 1. The third kappa shape index (κ3) is 3.17. The largest absolute Gasteiger partial charge is 0.340 e. The van der Waals surface area contributed by atoms with Crippen LogP contribution >= 0.6 is 0 Å². The minimum Gasteiger partial charge on any atom is -0.340 e. The van der Waals surface area contributed by atoms with E-state index < -0.39 is 0 Å². The van der Waals surface area contributed by atoms with Gasteiger partial charge in [-0.15, -0.1) is 0 Å². The van der Waals surface area contributed by atoms with Crippen LogP contribution in [0.25, 0.3) is 11.5 Å². The molecule has 0 aromatic carbocycles. The Bertz CT molecular complexity index is 909. The first-order valence-electron chi connectivity index (χ1n) is 8.60. The van der Waals surface area contributed by atoms with Gasteiger partial charge in [-0.1, -0.05) is 6.07 Å². The van der Waals surface area contributed by atoms with Crippen molar-refractivity contribution in [3.63, 3.8) is 0 Å². The zero-order chi connectivity index (χ0) is 17.9. The molecule has 132 valence electrons. The predicted octanol–water partition coefficient (Wildman–Crippen LogP) is 1.77. The number of pyridine rings is 1. The topological polar surface area (TPSA) is 89.7 Å². The third-order valence-electron chi connectivity index (χ3n) is 4.58. The van der Waals surface area contributed by atoms with E-state index >= 15 is 0 Å². The lowest BCUT2D eigenvalue weighted by Crippen LogP contribution is -2.39. The second kappa shape index (κ2) is 6.99. The molecule has 0 spiro atoms. The summed E-state index contributed by atoms with van der Waals surface area (Å²) in [7, 11) is 1.83.